The van der Waals surface area contributed by atoms with Gasteiger partial charge in [0.15, 0.2) is 0 Å². The van der Waals surface area contributed by atoms with Crippen LogP contribution in [0.2, 0.25) is 0 Å². The molecule has 5 nitrogen and oxygen atoms in total. The van der Waals surface area contributed by atoms with E-state index in [9.17, 15) is 9.90 Å². The predicted octanol–water partition coefficient (Wildman–Crippen LogP) is 1.89. The summed E-state index contributed by atoms with van der Waals surface area (Å²) in [6.45, 7) is 0.117. The summed E-state index contributed by atoms with van der Waals surface area (Å²) in [5.41, 5.74) is 1.02. The summed E-state index contributed by atoms with van der Waals surface area (Å²) in [6, 6.07) is 3.60. The number of aliphatic hydroxyl groups is 1. The van der Waals surface area contributed by atoms with Crippen LogP contribution in [0.5, 0.6) is 0 Å². The maximum Gasteiger partial charge on any atom is 0.272 e. The van der Waals surface area contributed by atoms with Crippen molar-refractivity contribution in [1.82, 2.24) is 9.88 Å². The third-order valence-corrected chi connectivity index (χ3v) is 3.91. The van der Waals surface area contributed by atoms with E-state index in [-0.39, 0.29) is 18.1 Å². The molecule has 0 atom stereocenters. The molecule has 1 amide bonds. The van der Waals surface area contributed by atoms with Crippen molar-refractivity contribution in [3.63, 3.8) is 0 Å². The molecule has 0 bridgehead atoms. The molecule has 1 fully saturated rings. The van der Waals surface area contributed by atoms with Gasteiger partial charge in [0.25, 0.3) is 5.91 Å². The molecule has 0 aliphatic heterocycles. The minimum Gasteiger partial charge on any atom is -0.394 e. The van der Waals surface area contributed by atoms with Crippen LogP contribution in [-0.2, 0) is 0 Å². The van der Waals surface area contributed by atoms with Crippen molar-refractivity contribution in [3.05, 3.63) is 24.0 Å². The second-order valence-electron chi connectivity index (χ2n) is 5.75. The number of nitrogens with one attached hydrogen (secondary N) is 1. The van der Waals surface area contributed by atoms with Crippen molar-refractivity contribution in [2.45, 2.75) is 37.6 Å². The largest absolute Gasteiger partial charge is 0.394 e. The van der Waals surface area contributed by atoms with E-state index in [1.807, 2.05) is 6.07 Å². The number of carbonyl (C=O) groups is 1. The van der Waals surface area contributed by atoms with Gasteiger partial charge in [-0.2, -0.15) is 0 Å². The lowest BCUT2D eigenvalue weighted by Gasteiger charge is -2.37. The maximum absolute atomic E-state index is 11.9. The lowest BCUT2D eigenvalue weighted by Crippen LogP contribution is -2.43. The second-order valence-corrected chi connectivity index (χ2v) is 5.75. The molecule has 0 aromatic carbocycles. The van der Waals surface area contributed by atoms with Crippen LogP contribution in [0.1, 0.15) is 42.6 Å². The lowest BCUT2D eigenvalue weighted by molar-refractivity contribution is 0.0822. The molecule has 0 radical (unpaired) electrons. The molecule has 1 aliphatic carbocycles. The van der Waals surface area contributed by atoms with Crippen LogP contribution < -0.4 is 5.32 Å². The van der Waals surface area contributed by atoms with E-state index >= 15 is 0 Å². The van der Waals surface area contributed by atoms with Gasteiger partial charge in [0, 0.05) is 26.0 Å². The summed E-state index contributed by atoms with van der Waals surface area (Å²) >= 11 is 0. The van der Waals surface area contributed by atoms with Gasteiger partial charge < -0.3 is 15.3 Å². The number of pyridine rings is 1. The Labute approximate surface area is 120 Å². The Morgan fingerprint density at radius 3 is 2.70 bits per heavy atom. The lowest BCUT2D eigenvalue weighted by atomic mass is 9.82. The normalized spacial score (nSPS) is 17.6. The molecule has 0 unspecified atom stereocenters. The van der Waals surface area contributed by atoms with Crippen molar-refractivity contribution >= 4 is 11.6 Å². The molecule has 5 heteroatoms. The van der Waals surface area contributed by atoms with Gasteiger partial charge in [0.05, 0.1) is 12.1 Å². The number of aliphatic hydroxyl groups excluding tert-OH is 1. The van der Waals surface area contributed by atoms with Crippen LogP contribution in [0, 0.1) is 0 Å². The molecule has 0 spiro atoms. The predicted molar refractivity (Wildman–Crippen MR) is 78.8 cm³/mol. The van der Waals surface area contributed by atoms with Gasteiger partial charge in [-0.25, -0.2) is 0 Å². The summed E-state index contributed by atoms with van der Waals surface area (Å²) in [7, 11) is 3.42. The van der Waals surface area contributed by atoms with E-state index in [4.69, 9.17) is 0 Å². The topological polar surface area (TPSA) is 65.5 Å². The molecular formula is C15H23N3O2. The number of amides is 1. The zero-order chi connectivity index (χ0) is 14.6. The first-order chi connectivity index (χ1) is 9.56. The molecule has 1 aromatic rings. The van der Waals surface area contributed by atoms with E-state index in [1.165, 1.54) is 11.3 Å². The average molecular weight is 277 g/mol. The number of aromatic nitrogens is 1. The number of anilines is 1. The number of nitrogens with zero attached hydrogens (tertiary/aromatic N) is 2. The molecule has 1 aliphatic rings. The zero-order valence-corrected chi connectivity index (χ0v) is 12.2. The first-order valence-electron chi connectivity index (χ1n) is 7.13. The fraction of sp³-hybridized carbons (Fsp3) is 0.600. The highest BCUT2D eigenvalue weighted by Crippen LogP contribution is 2.31. The standard InChI is InChI=1S/C15H23N3O2/c1-18(2)14(20)13-10-12(6-9-16-13)17-15(11-19)7-4-3-5-8-15/h6,9-10,19H,3-5,7-8,11H2,1-2H3,(H,16,17). The molecule has 2 rings (SSSR count). The van der Waals surface area contributed by atoms with Crippen molar-refractivity contribution in [3.8, 4) is 0 Å². The Kier molecular flexibility index (Phi) is 4.60. The zero-order valence-electron chi connectivity index (χ0n) is 12.2. The number of hydrogen-bond acceptors (Lipinski definition) is 4. The highest BCUT2D eigenvalue weighted by atomic mass is 16.3. The minimum absolute atomic E-state index is 0.115. The Balaban J connectivity index is 2.16. The van der Waals surface area contributed by atoms with Crippen molar-refractivity contribution in [2.24, 2.45) is 0 Å². The smallest absolute Gasteiger partial charge is 0.272 e. The highest BCUT2D eigenvalue weighted by molar-refractivity contribution is 5.92. The van der Waals surface area contributed by atoms with Crippen LogP contribution >= 0.6 is 0 Å². The van der Waals surface area contributed by atoms with Gasteiger partial charge in [0.1, 0.15) is 5.69 Å². The van der Waals surface area contributed by atoms with Crippen LogP contribution in [0.25, 0.3) is 0 Å². The molecular weight excluding hydrogens is 254 g/mol. The number of hydrogen-bond donors (Lipinski definition) is 2. The molecule has 0 saturated heterocycles. The quantitative estimate of drug-likeness (QED) is 0.882. The Morgan fingerprint density at radius 2 is 2.10 bits per heavy atom. The highest BCUT2D eigenvalue weighted by Gasteiger charge is 2.31. The van der Waals surface area contributed by atoms with E-state index in [1.54, 1.807) is 26.4 Å². The van der Waals surface area contributed by atoms with Crippen LogP contribution in [0.3, 0.4) is 0 Å². The van der Waals surface area contributed by atoms with Crippen molar-refractivity contribution in [1.29, 1.82) is 0 Å². The van der Waals surface area contributed by atoms with E-state index in [2.05, 4.69) is 10.3 Å². The first kappa shape index (κ1) is 14.8. The van der Waals surface area contributed by atoms with E-state index < -0.39 is 0 Å². The summed E-state index contributed by atoms with van der Waals surface area (Å²) in [4.78, 5) is 17.5. The number of rotatable bonds is 4. The van der Waals surface area contributed by atoms with Gasteiger partial charge in [-0.3, -0.25) is 9.78 Å². The third kappa shape index (κ3) is 3.28. The van der Waals surface area contributed by atoms with E-state index in [0.29, 0.717) is 5.69 Å². The fourth-order valence-electron chi connectivity index (χ4n) is 2.71. The van der Waals surface area contributed by atoms with Crippen LogP contribution in [0.15, 0.2) is 18.3 Å². The Hall–Kier alpha value is -1.62. The van der Waals surface area contributed by atoms with Gasteiger partial charge in [-0.15, -0.1) is 0 Å². The van der Waals surface area contributed by atoms with Gasteiger partial charge in [-0.05, 0) is 25.0 Å². The maximum atomic E-state index is 11.9. The molecule has 2 N–H and O–H groups in total. The molecule has 20 heavy (non-hydrogen) atoms. The molecule has 110 valence electrons. The average Bonchev–Trinajstić information content (AvgIpc) is 2.47. The summed E-state index contributed by atoms with van der Waals surface area (Å²) in [6.07, 6.45) is 7.03. The molecule has 1 heterocycles. The Morgan fingerprint density at radius 1 is 1.40 bits per heavy atom. The Bertz CT molecular complexity index is 468. The van der Waals surface area contributed by atoms with Crippen molar-refractivity contribution in [2.75, 3.05) is 26.0 Å². The van der Waals surface area contributed by atoms with Crippen molar-refractivity contribution < 1.29 is 9.90 Å². The second kappa shape index (κ2) is 6.22. The third-order valence-electron chi connectivity index (χ3n) is 3.91. The van der Waals surface area contributed by atoms with Gasteiger partial charge in [0.2, 0.25) is 0 Å². The summed E-state index contributed by atoms with van der Waals surface area (Å²) < 4.78 is 0. The monoisotopic (exact) mass is 277 g/mol. The van der Waals surface area contributed by atoms with Crippen LogP contribution in [-0.4, -0.2) is 47.1 Å². The molecule has 1 aromatic heterocycles. The fourth-order valence-corrected chi connectivity index (χ4v) is 2.71. The minimum atomic E-state index is -0.252. The summed E-state index contributed by atoms with van der Waals surface area (Å²) in [5, 5.41) is 13.1. The first-order valence-corrected chi connectivity index (χ1v) is 7.13. The van der Waals surface area contributed by atoms with E-state index in [0.717, 1.165) is 31.4 Å². The SMILES string of the molecule is CN(C)C(=O)c1cc(NC2(CO)CCCCC2)ccn1. The van der Waals surface area contributed by atoms with Gasteiger partial charge in [-0.1, -0.05) is 19.3 Å². The van der Waals surface area contributed by atoms with Crippen LogP contribution in [0.4, 0.5) is 5.69 Å². The van der Waals surface area contributed by atoms with Gasteiger partial charge >= 0.3 is 0 Å². The number of carbonyl (C=O) groups excluding carboxylic acids is 1. The summed E-state index contributed by atoms with van der Waals surface area (Å²) in [5.74, 6) is -0.115. The molecule has 1 saturated carbocycles.